The number of rotatable bonds is 2. The SMILES string of the molecule is O=C1CC(c2coc3ccccc3c2=O)c2c(ccc3c2OC(=Cc2ccc4c(c2)OCO4)C3=O)O1. The van der Waals surface area contributed by atoms with Gasteiger partial charge in [0, 0.05) is 17.0 Å². The van der Waals surface area contributed by atoms with Crippen molar-refractivity contribution in [3.05, 3.63) is 99.1 Å². The molecule has 4 heterocycles. The van der Waals surface area contributed by atoms with E-state index in [0.29, 0.717) is 44.7 Å². The van der Waals surface area contributed by atoms with Crippen LogP contribution in [0, 0.1) is 0 Å². The summed E-state index contributed by atoms with van der Waals surface area (Å²) in [6.07, 6.45) is 2.90. The van der Waals surface area contributed by atoms with Crippen LogP contribution in [0.3, 0.4) is 0 Å². The molecule has 0 bridgehead atoms. The Morgan fingerprint density at radius 3 is 2.61 bits per heavy atom. The van der Waals surface area contributed by atoms with Crippen molar-refractivity contribution < 1.29 is 33.0 Å². The molecule has 1 unspecified atom stereocenters. The molecular formula is C28H16O8. The van der Waals surface area contributed by atoms with Crippen LogP contribution in [-0.4, -0.2) is 18.5 Å². The van der Waals surface area contributed by atoms with E-state index in [1.165, 1.54) is 6.26 Å². The average Bonchev–Trinajstić information content (AvgIpc) is 3.48. The summed E-state index contributed by atoms with van der Waals surface area (Å²) in [7, 11) is 0. The van der Waals surface area contributed by atoms with Crippen molar-refractivity contribution >= 4 is 28.8 Å². The van der Waals surface area contributed by atoms with Gasteiger partial charge in [-0.15, -0.1) is 0 Å². The maximum absolute atomic E-state index is 13.4. The summed E-state index contributed by atoms with van der Waals surface area (Å²) in [5.74, 6) is 0.348. The zero-order chi connectivity index (χ0) is 24.4. The number of fused-ring (bicyclic) bond motifs is 5. The summed E-state index contributed by atoms with van der Waals surface area (Å²) in [4.78, 5) is 39.0. The second-order valence-corrected chi connectivity index (χ2v) is 8.65. The largest absolute Gasteiger partial charge is 0.464 e. The fraction of sp³-hybridized carbons (Fsp3) is 0.107. The van der Waals surface area contributed by atoms with E-state index in [0.717, 1.165) is 0 Å². The van der Waals surface area contributed by atoms with E-state index in [9.17, 15) is 14.4 Å². The number of Topliss-reactive ketones (excluding diaryl/α,β-unsaturated/α-hetero) is 1. The molecule has 0 saturated carbocycles. The van der Waals surface area contributed by atoms with Crippen molar-refractivity contribution in [2.24, 2.45) is 0 Å². The zero-order valence-corrected chi connectivity index (χ0v) is 18.6. The quantitative estimate of drug-likeness (QED) is 0.234. The molecule has 4 aromatic rings. The summed E-state index contributed by atoms with van der Waals surface area (Å²) in [6.45, 7) is 0.144. The van der Waals surface area contributed by atoms with Crippen LogP contribution in [0.25, 0.3) is 17.0 Å². The maximum atomic E-state index is 13.4. The molecule has 176 valence electrons. The molecular weight excluding hydrogens is 464 g/mol. The van der Waals surface area contributed by atoms with E-state index in [-0.39, 0.29) is 41.7 Å². The second-order valence-electron chi connectivity index (χ2n) is 8.65. The number of benzene rings is 3. The van der Waals surface area contributed by atoms with E-state index >= 15 is 0 Å². The van der Waals surface area contributed by atoms with Gasteiger partial charge in [-0.2, -0.15) is 0 Å². The first kappa shape index (κ1) is 20.5. The van der Waals surface area contributed by atoms with Crippen molar-refractivity contribution in [1.29, 1.82) is 0 Å². The Kier molecular flexibility index (Phi) is 4.32. The molecule has 0 N–H and O–H groups in total. The lowest BCUT2D eigenvalue weighted by Gasteiger charge is -2.25. The standard InChI is InChI=1S/C28H16O8/c29-24-11-17(18-12-32-19-4-2-1-3-15(19)26(18)30)25-21(35-24)8-6-16-27(31)23(36-28(16)25)10-14-5-7-20-22(9-14)34-13-33-20/h1-10,12,17H,11,13H2. The van der Waals surface area contributed by atoms with Gasteiger partial charge >= 0.3 is 5.97 Å². The number of esters is 1. The predicted molar refractivity (Wildman–Crippen MR) is 127 cm³/mol. The smallest absolute Gasteiger partial charge is 0.312 e. The molecule has 0 amide bonds. The molecule has 3 aromatic carbocycles. The topological polar surface area (TPSA) is 101 Å². The van der Waals surface area contributed by atoms with Crippen LogP contribution in [0.2, 0.25) is 0 Å². The van der Waals surface area contributed by atoms with E-state index in [2.05, 4.69) is 0 Å². The molecule has 36 heavy (non-hydrogen) atoms. The molecule has 8 heteroatoms. The number of allylic oxidation sites excluding steroid dienone is 1. The van der Waals surface area contributed by atoms with E-state index < -0.39 is 11.9 Å². The van der Waals surface area contributed by atoms with Gasteiger partial charge in [0.15, 0.2) is 22.7 Å². The Hall–Kier alpha value is -4.85. The van der Waals surface area contributed by atoms with Crippen LogP contribution in [0.4, 0.5) is 0 Å². The van der Waals surface area contributed by atoms with Gasteiger partial charge in [-0.05, 0) is 48.0 Å². The van der Waals surface area contributed by atoms with Crippen molar-refractivity contribution in [1.82, 2.24) is 0 Å². The lowest BCUT2D eigenvalue weighted by Crippen LogP contribution is -2.25. The number of ether oxygens (including phenoxy) is 4. The number of carbonyl (C=O) groups excluding carboxylic acids is 2. The van der Waals surface area contributed by atoms with Gasteiger partial charge in [0.1, 0.15) is 17.1 Å². The summed E-state index contributed by atoms with van der Waals surface area (Å²) in [6, 6.07) is 15.3. The molecule has 3 aliphatic heterocycles. The average molecular weight is 480 g/mol. The third kappa shape index (κ3) is 3.04. The third-order valence-corrected chi connectivity index (χ3v) is 6.56. The van der Waals surface area contributed by atoms with Gasteiger partial charge in [0.2, 0.25) is 12.6 Å². The van der Waals surface area contributed by atoms with Gasteiger partial charge < -0.3 is 23.4 Å². The molecule has 1 atom stereocenters. The first-order chi connectivity index (χ1) is 17.6. The minimum Gasteiger partial charge on any atom is -0.464 e. The van der Waals surface area contributed by atoms with Gasteiger partial charge in [0.25, 0.3) is 0 Å². The first-order valence-corrected chi connectivity index (χ1v) is 11.3. The van der Waals surface area contributed by atoms with Crippen molar-refractivity contribution in [2.45, 2.75) is 12.3 Å². The minimum absolute atomic E-state index is 0.0920. The highest BCUT2D eigenvalue weighted by Gasteiger charge is 2.39. The van der Waals surface area contributed by atoms with Gasteiger partial charge in [-0.25, -0.2) is 0 Å². The Bertz CT molecular complexity index is 1710. The highest BCUT2D eigenvalue weighted by Crippen LogP contribution is 2.48. The number of para-hydroxylation sites is 1. The Labute approximate surface area is 203 Å². The molecule has 0 fully saturated rings. The molecule has 3 aliphatic rings. The Morgan fingerprint density at radius 2 is 1.69 bits per heavy atom. The van der Waals surface area contributed by atoms with E-state index in [1.807, 2.05) is 0 Å². The van der Waals surface area contributed by atoms with Crippen molar-refractivity contribution in [3.8, 4) is 23.0 Å². The minimum atomic E-state index is -0.699. The molecule has 0 aliphatic carbocycles. The first-order valence-electron chi connectivity index (χ1n) is 11.3. The zero-order valence-electron chi connectivity index (χ0n) is 18.6. The lowest BCUT2D eigenvalue weighted by molar-refractivity contribution is -0.135. The maximum Gasteiger partial charge on any atom is 0.312 e. The monoisotopic (exact) mass is 480 g/mol. The molecule has 1 aromatic heterocycles. The molecule has 0 radical (unpaired) electrons. The summed E-state index contributed by atoms with van der Waals surface area (Å²) in [5, 5.41) is 0.406. The third-order valence-electron chi connectivity index (χ3n) is 6.56. The van der Waals surface area contributed by atoms with Gasteiger partial charge in [-0.3, -0.25) is 14.4 Å². The second kappa shape index (κ2) is 7.58. The van der Waals surface area contributed by atoms with Crippen LogP contribution in [-0.2, 0) is 4.79 Å². The summed E-state index contributed by atoms with van der Waals surface area (Å²) < 4.78 is 28.0. The number of carbonyl (C=O) groups is 2. The van der Waals surface area contributed by atoms with Crippen LogP contribution < -0.4 is 24.4 Å². The Morgan fingerprint density at radius 1 is 0.861 bits per heavy atom. The molecule has 8 nitrogen and oxygen atoms in total. The van der Waals surface area contributed by atoms with Crippen LogP contribution in [0.5, 0.6) is 23.0 Å². The van der Waals surface area contributed by atoms with Crippen LogP contribution >= 0.6 is 0 Å². The molecule has 0 spiro atoms. The van der Waals surface area contributed by atoms with E-state index in [1.54, 1.807) is 60.7 Å². The lowest BCUT2D eigenvalue weighted by atomic mass is 9.85. The van der Waals surface area contributed by atoms with Crippen LogP contribution in [0.1, 0.15) is 39.4 Å². The van der Waals surface area contributed by atoms with Gasteiger partial charge in [-0.1, -0.05) is 18.2 Å². The number of hydrogen-bond donors (Lipinski definition) is 0. The normalized spacial score (nSPS) is 18.7. The van der Waals surface area contributed by atoms with Crippen molar-refractivity contribution in [3.63, 3.8) is 0 Å². The van der Waals surface area contributed by atoms with Crippen LogP contribution in [0.15, 0.2) is 75.8 Å². The predicted octanol–water partition coefficient (Wildman–Crippen LogP) is 4.58. The molecule has 7 rings (SSSR count). The Balaban J connectivity index is 1.35. The van der Waals surface area contributed by atoms with Gasteiger partial charge in [0.05, 0.1) is 23.6 Å². The highest BCUT2D eigenvalue weighted by atomic mass is 16.7. The van der Waals surface area contributed by atoms with E-state index in [4.69, 9.17) is 23.4 Å². The number of ketones is 1. The fourth-order valence-corrected chi connectivity index (χ4v) is 4.86. The molecule has 0 saturated heterocycles. The number of hydrogen-bond acceptors (Lipinski definition) is 8. The highest BCUT2D eigenvalue weighted by molar-refractivity contribution is 6.15. The fourth-order valence-electron chi connectivity index (χ4n) is 4.86. The van der Waals surface area contributed by atoms with Crippen molar-refractivity contribution in [2.75, 3.05) is 6.79 Å². The summed E-state index contributed by atoms with van der Waals surface area (Å²) in [5.41, 5.74) is 1.99. The summed E-state index contributed by atoms with van der Waals surface area (Å²) >= 11 is 0.